The first-order valence-corrected chi connectivity index (χ1v) is 18.0. The van der Waals surface area contributed by atoms with Crippen LogP contribution >= 0.6 is 11.6 Å². The summed E-state index contributed by atoms with van der Waals surface area (Å²) in [6.07, 6.45) is 2.85. The highest BCUT2D eigenvalue weighted by Gasteiger charge is 2.36. The number of carbonyl (C=O) groups is 1. The van der Waals surface area contributed by atoms with Gasteiger partial charge in [-0.2, -0.15) is 23.3 Å². The lowest BCUT2D eigenvalue weighted by atomic mass is 10.00. The first-order chi connectivity index (χ1) is 27.0. The molecule has 17 heteroatoms. The van der Waals surface area contributed by atoms with Crippen molar-refractivity contribution in [1.29, 1.82) is 0 Å². The van der Waals surface area contributed by atoms with Crippen LogP contribution in [0.15, 0.2) is 73.4 Å². The van der Waals surface area contributed by atoms with Crippen molar-refractivity contribution >= 4 is 35.4 Å². The summed E-state index contributed by atoms with van der Waals surface area (Å²) in [5, 5.41) is 8.51. The van der Waals surface area contributed by atoms with Gasteiger partial charge < -0.3 is 18.9 Å². The summed E-state index contributed by atoms with van der Waals surface area (Å²) >= 11 is 6.07. The summed E-state index contributed by atoms with van der Waals surface area (Å²) in [6.45, 7) is 3.87. The Bertz CT molecular complexity index is 2490. The van der Waals surface area contributed by atoms with Gasteiger partial charge in [-0.15, -0.1) is 5.10 Å². The minimum absolute atomic E-state index is 0.128. The van der Waals surface area contributed by atoms with Crippen molar-refractivity contribution in [2.24, 2.45) is 0 Å². The van der Waals surface area contributed by atoms with Crippen LogP contribution in [0, 0.1) is 0 Å². The highest BCUT2D eigenvalue weighted by molar-refractivity contribution is 6.29. The van der Waals surface area contributed by atoms with Crippen LogP contribution in [0.3, 0.4) is 0 Å². The van der Waals surface area contributed by atoms with Crippen LogP contribution in [-0.2, 0) is 24.0 Å². The van der Waals surface area contributed by atoms with Crippen LogP contribution in [0.5, 0.6) is 5.88 Å². The monoisotopic (exact) mass is 780 g/mol. The summed E-state index contributed by atoms with van der Waals surface area (Å²) in [7, 11) is 1.52. The number of methoxy groups -OCH3 is 1. The van der Waals surface area contributed by atoms with Crippen LogP contribution in [0.1, 0.15) is 82.8 Å². The number of esters is 1. The summed E-state index contributed by atoms with van der Waals surface area (Å²) in [6, 6.07) is 15.2. The van der Waals surface area contributed by atoms with E-state index in [1.54, 1.807) is 74.5 Å². The maximum Gasteiger partial charge on any atom is 0.434 e. The Morgan fingerprint density at radius 2 is 1.77 bits per heavy atom. The molecular formula is C39H32ClF3N10O3. The zero-order chi connectivity index (χ0) is 39.1. The average Bonchev–Trinajstić information content (AvgIpc) is 3.85. The van der Waals surface area contributed by atoms with Crippen molar-refractivity contribution in [2.45, 2.75) is 57.9 Å². The largest absolute Gasteiger partial charge is 0.480 e. The first-order valence-electron chi connectivity index (χ1n) is 17.6. The Balaban J connectivity index is 1.26. The van der Waals surface area contributed by atoms with Crippen molar-refractivity contribution in [3.05, 3.63) is 118 Å². The second-order valence-electron chi connectivity index (χ2n) is 13.5. The summed E-state index contributed by atoms with van der Waals surface area (Å²) in [5.41, 5.74) is 3.53. The number of rotatable bonds is 11. The van der Waals surface area contributed by atoms with Crippen molar-refractivity contribution in [2.75, 3.05) is 12.0 Å². The quantitative estimate of drug-likeness (QED) is 0.117. The molecule has 0 bridgehead atoms. The smallest absolute Gasteiger partial charge is 0.434 e. The number of cyclic esters (lactones) is 1. The van der Waals surface area contributed by atoms with Crippen molar-refractivity contribution in [3.8, 4) is 28.7 Å². The Morgan fingerprint density at radius 3 is 2.48 bits per heavy atom. The molecule has 0 spiro atoms. The third-order valence-electron chi connectivity index (χ3n) is 9.35. The van der Waals surface area contributed by atoms with Crippen molar-refractivity contribution < 1.29 is 27.4 Å². The molecule has 2 aromatic carbocycles. The molecular weight excluding hydrogens is 749 g/mol. The topological polar surface area (TPSA) is 147 Å². The molecule has 6 aromatic rings. The fraction of sp³-hybridized carbons (Fsp3) is 0.256. The number of benzene rings is 2. The number of halogens is 4. The molecule has 13 nitrogen and oxygen atoms in total. The average molecular weight is 781 g/mol. The third kappa shape index (κ3) is 7.39. The first kappa shape index (κ1) is 36.7. The minimum Gasteiger partial charge on any atom is -0.480 e. The molecule has 0 saturated heterocycles. The number of fused-ring (bicyclic) bond motifs is 1. The van der Waals surface area contributed by atoms with E-state index >= 15 is 0 Å². The predicted molar refractivity (Wildman–Crippen MR) is 199 cm³/mol. The molecule has 0 N–H and O–H groups in total. The van der Waals surface area contributed by atoms with E-state index in [-0.39, 0.29) is 47.7 Å². The summed E-state index contributed by atoms with van der Waals surface area (Å²) in [4.78, 5) is 41.5. The SMILES string of the molecule is COc1ncnc(C2CC2)c1-c1ncnc(N(Cc2ccc(Cl)nn2)Cc2ccc(-c3nc(C(F)(F)F)cn3C(C)C)cc2/C=C2\OC(=O)c3ccccc32)n1. The normalized spacial score (nSPS) is 14.6. The number of imidazole rings is 1. The Labute approximate surface area is 323 Å². The maximum absolute atomic E-state index is 13.9. The van der Waals surface area contributed by atoms with Gasteiger partial charge in [0.2, 0.25) is 11.8 Å². The van der Waals surface area contributed by atoms with Crippen LogP contribution in [-0.4, -0.2) is 57.7 Å². The number of hydrogen-bond donors (Lipinski definition) is 0. The van der Waals surface area contributed by atoms with E-state index in [2.05, 4.69) is 35.1 Å². The Hall–Kier alpha value is -6.29. The molecule has 2 aliphatic rings. The van der Waals surface area contributed by atoms with Crippen LogP contribution in [0.25, 0.3) is 34.6 Å². The zero-order valence-electron chi connectivity index (χ0n) is 30.2. The van der Waals surface area contributed by atoms with Gasteiger partial charge in [0.05, 0.1) is 30.6 Å². The lowest BCUT2D eigenvalue weighted by Gasteiger charge is -2.24. The lowest BCUT2D eigenvalue weighted by molar-refractivity contribution is -0.140. The molecule has 1 fully saturated rings. The molecule has 5 heterocycles. The molecule has 4 aromatic heterocycles. The number of hydrogen-bond acceptors (Lipinski definition) is 12. The minimum atomic E-state index is -4.65. The number of anilines is 1. The number of ether oxygens (including phenoxy) is 2. The van der Waals surface area contributed by atoms with E-state index < -0.39 is 17.8 Å². The molecule has 0 amide bonds. The van der Waals surface area contributed by atoms with Gasteiger partial charge in [0.1, 0.15) is 29.8 Å². The van der Waals surface area contributed by atoms with E-state index in [0.717, 1.165) is 24.7 Å². The van der Waals surface area contributed by atoms with E-state index in [1.165, 1.54) is 24.3 Å². The fourth-order valence-electron chi connectivity index (χ4n) is 6.48. The van der Waals surface area contributed by atoms with Gasteiger partial charge in [0.25, 0.3) is 0 Å². The van der Waals surface area contributed by atoms with Gasteiger partial charge in [-0.3, -0.25) is 0 Å². The third-order valence-corrected chi connectivity index (χ3v) is 9.55. The second kappa shape index (κ2) is 14.7. The molecule has 56 heavy (non-hydrogen) atoms. The van der Waals surface area contributed by atoms with Gasteiger partial charge >= 0.3 is 12.1 Å². The molecule has 0 unspecified atom stereocenters. The van der Waals surface area contributed by atoms with E-state index in [4.69, 9.17) is 26.1 Å². The molecule has 0 radical (unpaired) electrons. The number of alkyl halides is 3. The molecule has 0 atom stereocenters. The second-order valence-corrected chi connectivity index (χ2v) is 13.9. The van der Waals surface area contributed by atoms with Gasteiger partial charge in [-0.05, 0) is 68.2 Å². The molecule has 1 saturated carbocycles. The number of aromatic nitrogens is 9. The number of carbonyl (C=O) groups excluding carboxylic acids is 1. The standard InChI is InChI=1S/C39H32ClF3N10O3/c1-21(2)53-18-30(39(41,42)43)48-35(53)23-10-11-24(25(14-23)15-29-27-6-4-5-7-28(27)37(54)56-29)16-52(17-26-12-13-31(40)51-50-26)38-47-20-45-34(49-38)32-33(22-8-9-22)44-19-46-36(32)55-3/h4-7,10-15,18-22H,8-9,16-17H2,1-3H3/b29-15-. The summed E-state index contributed by atoms with van der Waals surface area (Å²) < 4.78 is 54.6. The highest BCUT2D eigenvalue weighted by atomic mass is 35.5. The van der Waals surface area contributed by atoms with Gasteiger partial charge in [0.15, 0.2) is 16.7 Å². The van der Waals surface area contributed by atoms with Crippen molar-refractivity contribution in [1.82, 2.24) is 44.7 Å². The van der Waals surface area contributed by atoms with Crippen LogP contribution in [0.4, 0.5) is 19.1 Å². The highest BCUT2D eigenvalue weighted by Crippen LogP contribution is 2.45. The molecule has 1 aliphatic heterocycles. The van der Waals surface area contributed by atoms with Crippen LogP contribution in [0.2, 0.25) is 5.15 Å². The van der Waals surface area contributed by atoms with E-state index in [0.29, 0.717) is 50.8 Å². The fourth-order valence-corrected chi connectivity index (χ4v) is 6.59. The summed E-state index contributed by atoms with van der Waals surface area (Å²) in [5.74, 6) is 1.04. The van der Waals surface area contributed by atoms with E-state index in [9.17, 15) is 18.0 Å². The van der Waals surface area contributed by atoms with Gasteiger partial charge in [0, 0.05) is 35.8 Å². The van der Waals surface area contributed by atoms with Crippen molar-refractivity contribution in [3.63, 3.8) is 0 Å². The molecule has 1 aliphatic carbocycles. The molecule has 284 valence electrons. The van der Waals surface area contributed by atoms with Crippen LogP contribution < -0.4 is 9.64 Å². The lowest BCUT2D eigenvalue weighted by Crippen LogP contribution is -2.26. The Morgan fingerprint density at radius 1 is 0.982 bits per heavy atom. The predicted octanol–water partition coefficient (Wildman–Crippen LogP) is 8.00. The van der Waals surface area contributed by atoms with E-state index in [1.807, 2.05) is 4.90 Å². The van der Waals surface area contributed by atoms with Gasteiger partial charge in [-0.1, -0.05) is 41.9 Å². The Kier molecular flexibility index (Phi) is 9.66. The zero-order valence-corrected chi connectivity index (χ0v) is 31.0. The molecule has 8 rings (SSSR count). The number of nitrogens with zero attached hydrogens (tertiary/aromatic N) is 10. The van der Waals surface area contributed by atoms with Gasteiger partial charge in [-0.25, -0.2) is 29.7 Å². The maximum atomic E-state index is 13.9.